The minimum absolute atomic E-state index is 0.416. The van der Waals surface area contributed by atoms with Crippen LogP contribution in [0.1, 0.15) is 25.0 Å². The minimum atomic E-state index is -0.814. The number of nitrogens with two attached hydrogens (primary N) is 1. The van der Waals surface area contributed by atoms with Crippen LogP contribution in [0.2, 0.25) is 5.02 Å². The number of rotatable bonds is 5. The molecule has 0 heterocycles. The molecule has 0 spiro atoms. The van der Waals surface area contributed by atoms with Crippen molar-refractivity contribution in [2.75, 3.05) is 7.11 Å². The van der Waals surface area contributed by atoms with Crippen molar-refractivity contribution in [2.45, 2.75) is 25.6 Å². The number of methoxy groups -OCH3 is 1. The van der Waals surface area contributed by atoms with E-state index in [-0.39, 0.29) is 0 Å². The van der Waals surface area contributed by atoms with Gasteiger partial charge >= 0.3 is 6.09 Å². The highest BCUT2D eigenvalue weighted by atomic mass is 35.5. The molecule has 1 amide bonds. The lowest BCUT2D eigenvalue weighted by Gasteiger charge is -2.25. The van der Waals surface area contributed by atoms with E-state index in [0.717, 1.165) is 5.56 Å². The summed E-state index contributed by atoms with van der Waals surface area (Å²) < 4.78 is 10.4. The number of hydrogen-bond acceptors (Lipinski definition) is 3. The first-order chi connectivity index (χ1) is 8.10. The van der Waals surface area contributed by atoms with E-state index in [9.17, 15) is 4.79 Å². The number of ether oxygens (including phenoxy) is 2. The molecule has 2 N–H and O–H groups in total. The molecule has 0 fully saturated rings. The average Bonchev–Trinajstić information content (AvgIpc) is 2.30. The molecule has 5 heteroatoms. The predicted molar refractivity (Wildman–Crippen MR) is 65.9 cm³/mol. The first kappa shape index (κ1) is 13.8. The van der Waals surface area contributed by atoms with Gasteiger partial charge in [0.25, 0.3) is 0 Å². The molecule has 0 saturated heterocycles. The van der Waals surface area contributed by atoms with Gasteiger partial charge in [-0.15, -0.1) is 0 Å². The fourth-order valence-electron chi connectivity index (χ4n) is 1.69. The fraction of sp³-hybridized carbons (Fsp3) is 0.417. The van der Waals surface area contributed by atoms with Gasteiger partial charge in [-0.25, -0.2) is 4.79 Å². The number of amides is 1. The lowest BCUT2D eigenvalue weighted by atomic mass is 10.0. The molecule has 2 atom stereocenters. The van der Waals surface area contributed by atoms with Crippen LogP contribution in [0.3, 0.4) is 0 Å². The molecule has 17 heavy (non-hydrogen) atoms. The Morgan fingerprint density at radius 3 is 2.59 bits per heavy atom. The Labute approximate surface area is 106 Å². The first-order valence-electron chi connectivity index (χ1n) is 5.33. The van der Waals surface area contributed by atoms with Crippen molar-refractivity contribution in [3.05, 3.63) is 34.9 Å². The third-order valence-corrected chi connectivity index (χ3v) is 2.82. The third kappa shape index (κ3) is 3.61. The van der Waals surface area contributed by atoms with Gasteiger partial charge in [0.15, 0.2) is 0 Å². The molecule has 94 valence electrons. The zero-order chi connectivity index (χ0) is 12.8. The molecule has 0 aliphatic rings. The molecule has 0 bridgehead atoms. The maximum Gasteiger partial charge on any atom is 0.404 e. The smallest absolute Gasteiger partial charge is 0.404 e. The molecule has 0 aliphatic carbocycles. The van der Waals surface area contributed by atoms with Gasteiger partial charge in [0.1, 0.15) is 12.2 Å². The maximum absolute atomic E-state index is 10.8. The zero-order valence-electron chi connectivity index (χ0n) is 9.85. The topological polar surface area (TPSA) is 61.5 Å². The molecule has 1 aromatic rings. The molecule has 0 aliphatic heterocycles. The lowest BCUT2D eigenvalue weighted by molar-refractivity contribution is -0.0226. The fourth-order valence-corrected chi connectivity index (χ4v) is 1.94. The zero-order valence-corrected chi connectivity index (χ0v) is 10.6. The summed E-state index contributed by atoms with van der Waals surface area (Å²) >= 11 is 6.08. The summed E-state index contributed by atoms with van der Waals surface area (Å²) in [5, 5.41) is 0.575. The van der Waals surface area contributed by atoms with Crippen molar-refractivity contribution >= 4 is 17.7 Å². The van der Waals surface area contributed by atoms with Crippen molar-refractivity contribution in [3.63, 3.8) is 0 Å². The van der Waals surface area contributed by atoms with Crippen LogP contribution in [0.4, 0.5) is 4.79 Å². The highest BCUT2D eigenvalue weighted by Crippen LogP contribution is 2.30. The van der Waals surface area contributed by atoms with Crippen LogP contribution in [0.25, 0.3) is 0 Å². The molecule has 0 aromatic heterocycles. The summed E-state index contributed by atoms with van der Waals surface area (Å²) in [6.45, 7) is 1.89. The Morgan fingerprint density at radius 2 is 2.12 bits per heavy atom. The van der Waals surface area contributed by atoms with Crippen LogP contribution in [-0.4, -0.2) is 19.3 Å². The van der Waals surface area contributed by atoms with Crippen molar-refractivity contribution in [1.82, 2.24) is 0 Å². The Bertz CT molecular complexity index is 384. The van der Waals surface area contributed by atoms with E-state index in [0.29, 0.717) is 11.4 Å². The second-order valence-corrected chi connectivity index (χ2v) is 3.97. The Kier molecular flexibility index (Phi) is 5.25. The van der Waals surface area contributed by atoms with Gasteiger partial charge in [0.05, 0.1) is 0 Å². The van der Waals surface area contributed by atoms with E-state index in [2.05, 4.69) is 0 Å². The summed E-state index contributed by atoms with van der Waals surface area (Å²) in [5.74, 6) is 0. The van der Waals surface area contributed by atoms with Crippen LogP contribution in [0, 0.1) is 0 Å². The monoisotopic (exact) mass is 257 g/mol. The predicted octanol–water partition coefficient (Wildman–Crippen LogP) is 2.90. The van der Waals surface area contributed by atoms with Crippen LogP contribution in [0.15, 0.2) is 24.3 Å². The normalized spacial score (nSPS) is 14.1. The van der Waals surface area contributed by atoms with Crippen LogP contribution >= 0.6 is 11.6 Å². The average molecular weight is 258 g/mol. The van der Waals surface area contributed by atoms with E-state index in [1.165, 1.54) is 0 Å². The summed E-state index contributed by atoms with van der Waals surface area (Å²) in [7, 11) is 1.54. The second kappa shape index (κ2) is 6.47. The van der Waals surface area contributed by atoms with Crippen molar-refractivity contribution in [1.29, 1.82) is 0 Å². The van der Waals surface area contributed by atoms with Gasteiger partial charge in [0, 0.05) is 17.7 Å². The van der Waals surface area contributed by atoms with Gasteiger partial charge in [-0.2, -0.15) is 0 Å². The van der Waals surface area contributed by atoms with Crippen molar-refractivity contribution in [2.24, 2.45) is 5.73 Å². The highest BCUT2D eigenvalue weighted by Gasteiger charge is 2.26. The standard InChI is InChI=1S/C12H16ClNO3/c1-3-10(17-12(14)15)11(16-2)8-6-4-5-7-9(8)13/h4-7,10-11H,3H2,1-2H3,(H2,14,15)/t10-,11-/m0/s1. The van der Waals surface area contributed by atoms with E-state index in [4.69, 9.17) is 26.8 Å². The number of halogens is 1. The number of carbonyl (C=O) groups is 1. The van der Waals surface area contributed by atoms with Crippen molar-refractivity contribution < 1.29 is 14.3 Å². The highest BCUT2D eigenvalue weighted by molar-refractivity contribution is 6.31. The maximum atomic E-state index is 10.8. The van der Waals surface area contributed by atoms with Gasteiger partial charge in [0.2, 0.25) is 0 Å². The van der Waals surface area contributed by atoms with E-state index < -0.39 is 18.3 Å². The number of hydrogen-bond donors (Lipinski definition) is 1. The Morgan fingerprint density at radius 1 is 1.47 bits per heavy atom. The number of primary amides is 1. The van der Waals surface area contributed by atoms with Gasteiger partial charge in [-0.05, 0) is 12.5 Å². The molecule has 0 unspecified atom stereocenters. The molecule has 1 rings (SSSR count). The molecule has 0 saturated carbocycles. The summed E-state index contributed by atoms with van der Waals surface area (Å²) in [5.41, 5.74) is 5.81. The van der Waals surface area contributed by atoms with Crippen molar-refractivity contribution in [3.8, 4) is 0 Å². The van der Waals surface area contributed by atoms with E-state index >= 15 is 0 Å². The Balaban J connectivity index is 2.97. The van der Waals surface area contributed by atoms with Gasteiger partial charge in [-0.1, -0.05) is 36.7 Å². The molecule has 0 radical (unpaired) electrons. The number of benzene rings is 1. The summed E-state index contributed by atoms with van der Waals surface area (Å²) in [6, 6.07) is 7.28. The first-order valence-corrected chi connectivity index (χ1v) is 5.71. The molecular weight excluding hydrogens is 242 g/mol. The largest absolute Gasteiger partial charge is 0.443 e. The van der Waals surface area contributed by atoms with Crippen LogP contribution < -0.4 is 5.73 Å². The molecule has 4 nitrogen and oxygen atoms in total. The van der Waals surface area contributed by atoms with Crippen LogP contribution in [-0.2, 0) is 9.47 Å². The summed E-state index contributed by atoms with van der Waals surface area (Å²) in [4.78, 5) is 10.8. The van der Waals surface area contributed by atoms with E-state index in [1.807, 2.05) is 25.1 Å². The summed E-state index contributed by atoms with van der Waals surface area (Å²) in [6.07, 6.45) is -1.09. The second-order valence-electron chi connectivity index (χ2n) is 3.56. The Hall–Kier alpha value is -1.26. The molecular formula is C12H16ClNO3. The lowest BCUT2D eigenvalue weighted by Crippen LogP contribution is -2.29. The van der Waals surface area contributed by atoms with Crippen LogP contribution in [0.5, 0.6) is 0 Å². The minimum Gasteiger partial charge on any atom is -0.443 e. The number of carbonyl (C=O) groups excluding carboxylic acids is 1. The quantitative estimate of drug-likeness (QED) is 0.882. The van der Waals surface area contributed by atoms with E-state index in [1.54, 1.807) is 13.2 Å². The molecule has 1 aromatic carbocycles. The van der Waals surface area contributed by atoms with Gasteiger partial charge in [-0.3, -0.25) is 0 Å². The third-order valence-electron chi connectivity index (χ3n) is 2.47. The SMILES string of the molecule is CC[C@H](OC(N)=O)[C@@H](OC)c1ccccc1Cl. The van der Waals surface area contributed by atoms with Gasteiger partial charge < -0.3 is 15.2 Å².